The Kier molecular flexibility index (Phi) is 6.82. The molecule has 0 saturated carbocycles. The zero-order chi connectivity index (χ0) is 11.6. The molecule has 0 amide bonds. The van der Waals surface area contributed by atoms with Gasteiger partial charge in [0.15, 0.2) is 0 Å². The van der Waals surface area contributed by atoms with Gasteiger partial charge in [-0.05, 0) is 56.5 Å². The molecule has 0 heterocycles. The van der Waals surface area contributed by atoms with E-state index in [1.165, 1.54) is 43.4 Å². The number of nitrogens with one attached hydrogen (secondary N) is 1. The maximum absolute atomic E-state index is 12.6. The molecule has 0 spiro atoms. The fraction of sp³-hybridized carbons (Fsp3) is 0.571. The van der Waals surface area contributed by atoms with E-state index in [1.54, 1.807) is 0 Å². The van der Waals surface area contributed by atoms with Crippen molar-refractivity contribution in [3.8, 4) is 0 Å². The average molecular weight is 223 g/mol. The third-order valence-corrected chi connectivity index (χ3v) is 2.66. The molecule has 2 heteroatoms. The van der Waals surface area contributed by atoms with Crippen LogP contribution in [0.4, 0.5) is 4.39 Å². The molecule has 0 aromatic heterocycles. The summed E-state index contributed by atoms with van der Waals surface area (Å²) in [6.07, 6.45) is 5.94. The first kappa shape index (κ1) is 13.2. The van der Waals surface area contributed by atoms with Crippen molar-refractivity contribution in [2.45, 2.75) is 39.0 Å². The van der Waals surface area contributed by atoms with E-state index in [0.29, 0.717) is 0 Å². The summed E-state index contributed by atoms with van der Waals surface area (Å²) >= 11 is 0. The van der Waals surface area contributed by atoms with Crippen LogP contribution < -0.4 is 5.32 Å². The van der Waals surface area contributed by atoms with Crippen molar-refractivity contribution in [3.05, 3.63) is 35.6 Å². The smallest absolute Gasteiger partial charge is 0.123 e. The van der Waals surface area contributed by atoms with Crippen molar-refractivity contribution in [3.63, 3.8) is 0 Å². The number of unbranched alkanes of at least 4 members (excludes halogenated alkanes) is 2. The summed E-state index contributed by atoms with van der Waals surface area (Å²) in [6.45, 7) is 4.43. The van der Waals surface area contributed by atoms with Gasteiger partial charge in [0.05, 0.1) is 0 Å². The molecule has 90 valence electrons. The summed E-state index contributed by atoms with van der Waals surface area (Å²) in [5, 5.41) is 3.39. The van der Waals surface area contributed by atoms with Crippen molar-refractivity contribution in [1.29, 1.82) is 0 Å². The molecule has 1 aromatic carbocycles. The highest BCUT2D eigenvalue weighted by molar-refractivity contribution is 5.15. The number of hydrogen-bond donors (Lipinski definition) is 1. The second-order valence-electron chi connectivity index (χ2n) is 4.19. The van der Waals surface area contributed by atoms with E-state index in [0.717, 1.165) is 19.5 Å². The van der Waals surface area contributed by atoms with E-state index >= 15 is 0 Å². The van der Waals surface area contributed by atoms with E-state index in [2.05, 4.69) is 12.2 Å². The lowest BCUT2D eigenvalue weighted by molar-refractivity contribution is 0.598. The van der Waals surface area contributed by atoms with Gasteiger partial charge in [0, 0.05) is 0 Å². The second-order valence-corrected chi connectivity index (χ2v) is 4.19. The number of benzene rings is 1. The lowest BCUT2D eigenvalue weighted by atomic mass is 10.1. The van der Waals surface area contributed by atoms with Gasteiger partial charge < -0.3 is 5.32 Å². The normalized spacial score (nSPS) is 10.6. The lowest BCUT2D eigenvalue weighted by Crippen LogP contribution is -2.15. The first-order chi connectivity index (χ1) is 7.83. The van der Waals surface area contributed by atoms with Gasteiger partial charge in [0.1, 0.15) is 5.82 Å². The molecule has 1 aromatic rings. The molecule has 0 fully saturated rings. The maximum Gasteiger partial charge on any atom is 0.123 e. The molecule has 0 aliphatic rings. The first-order valence-corrected chi connectivity index (χ1v) is 6.28. The molecule has 0 radical (unpaired) electrons. The van der Waals surface area contributed by atoms with E-state index in [1.807, 2.05) is 12.1 Å². The highest BCUT2D eigenvalue weighted by Gasteiger charge is 1.94. The largest absolute Gasteiger partial charge is 0.317 e. The topological polar surface area (TPSA) is 12.0 Å². The summed E-state index contributed by atoms with van der Waals surface area (Å²) in [6, 6.07) is 6.84. The zero-order valence-electron chi connectivity index (χ0n) is 10.1. The van der Waals surface area contributed by atoms with Crippen LogP contribution in [0, 0.1) is 5.82 Å². The summed E-state index contributed by atoms with van der Waals surface area (Å²) in [5.74, 6) is -0.146. The molecule has 0 aliphatic carbocycles. The summed E-state index contributed by atoms with van der Waals surface area (Å²) < 4.78 is 12.6. The second kappa shape index (κ2) is 8.28. The summed E-state index contributed by atoms with van der Waals surface area (Å²) in [7, 11) is 0. The van der Waals surface area contributed by atoms with Crippen LogP contribution in [0.1, 0.15) is 38.2 Å². The molecule has 16 heavy (non-hydrogen) atoms. The Morgan fingerprint density at radius 2 is 1.75 bits per heavy atom. The van der Waals surface area contributed by atoms with Gasteiger partial charge >= 0.3 is 0 Å². The molecule has 1 nitrogen and oxygen atoms in total. The van der Waals surface area contributed by atoms with Crippen LogP contribution in [-0.4, -0.2) is 13.1 Å². The predicted octanol–water partition coefficient (Wildman–Crippen LogP) is 3.54. The predicted molar refractivity (Wildman–Crippen MR) is 67.1 cm³/mol. The Labute approximate surface area is 98.1 Å². The molecule has 0 unspecified atom stereocenters. The highest BCUT2D eigenvalue weighted by Crippen LogP contribution is 2.07. The third-order valence-electron chi connectivity index (χ3n) is 2.66. The van der Waals surface area contributed by atoms with Crippen molar-refractivity contribution in [1.82, 2.24) is 5.32 Å². The minimum atomic E-state index is -0.146. The fourth-order valence-corrected chi connectivity index (χ4v) is 1.71. The minimum absolute atomic E-state index is 0.146. The van der Waals surface area contributed by atoms with Crippen molar-refractivity contribution in [2.75, 3.05) is 13.1 Å². The molecular weight excluding hydrogens is 201 g/mol. The van der Waals surface area contributed by atoms with Crippen LogP contribution in [0.2, 0.25) is 0 Å². The van der Waals surface area contributed by atoms with Crippen LogP contribution in [0.3, 0.4) is 0 Å². The number of halogens is 1. The molecule has 1 N–H and O–H groups in total. The molecular formula is C14H22FN. The van der Waals surface area contributed by atoms with Gasteiger partial charge in [-0.1, -0.05) is 25.5 Å². The first-order valence-electron chi connectivity index (χ1n) is 6.28. The van der Waals surface area contributed by atoms with Crippen LogP contribution in [0.15, 0.2) is 24.3 Å². The van der Waals surface area contributed by atoms with E-state index < -0.39 is 0 Å². The molecule has 1 rings (SSSR count). The number of rotatable bonds is 8. The van der Waals surface area contributed by atoms with Crippen molar-refractivity contribution < 1.29 is 4.39 Å². The van der Waals surface area contributed by atoms with E-state index in [4.69, 9.17) is 0 Å². The average Bonchev–Trinajstić information content (AvgIpc) is 2.30. The van der Waals surface area contributed by atoms with Crippen LogP contribution in [0.5, 0.6) is 0 Å². The van der Waals surface area contributed by atoms with Gasteiger partial charge in [0.25, 0.3) is 0 Å². The number of hydrogen-bond acceptors (Lipinski definition) is 1. The van der Waals surface area contributed by atoms with E-state index in [9.17, 15) is 4.39 Å². The van der Waals surface area contributed by atoms with Crippen LogP contribution in [-0.2, 0) is 6.42 Å². The standard InChI is InChI=1S/C14H22FN/c1-2-11-16-12-5-3-4-6-13-7-9-14(15)10-8-13/h7-10,16H,2-6,11-12H2,1H3. The van der Waals surface area contributed by atoms with Gasteiger partial charge in [-0.3, -0.25) is 0 Å². The Morgan fingerprint density at radius 1 is 1.00 bits per heavy atom. The molecule has 0 aliphatic heterocycles. The van der Waals surface area contributed by atoms with Crippen molar-refractivity contribution in [2.24, 2.45) is 0 Å². The monoisotopic (exact) mass is 223 g/mol. The van der Waals surface area contributed by atoms with Gasteiger partial charge in [-0.15, -0.1) is 0 Å². The van der Waals surface area contributed by atoms with Crippen LogP contribution in [0.25, 0.3) is 0 Å². The fourth-order valence-electron chi connectivity index (χ4n) is 1.71. The number of aryl methyl sites for hydroxylation is 1. The SMILES string of the molecule is CCCNCCCCCc1ccc(F)cc1. The Bertz CT molecular complexity index is 269. The summed E-state index contributed by atoms with van der Waals surface area (Å²) in [4.78, 5) is 0. The zero-order valence-corrected chi connectivity index (χ0v) is 10.1. The minimum Gasteiger partial charge on any atom is -0.317 e. The molecule has 0 saturated heterocycles. The summed E-state index contributed by atoms with van der Waals surface area (Å²) in [5.41, 5.74) is 1.24. The highest BCUT2D eigenvalue weighted by atomic mass is 19.1. The molecule has 0 atom stereocenters. The third kappa shape index (κ3) is 5.86. The Morgan fingerprint density at radius 3 is 2.44 bits per heavy atom. The molecule has 0 bridgehead atoms. The van der Waals surface area contributed by atoms with Gasteiger partial charge in [-0.2, -0.15) is 0 Å². The van der Waals surface area contributed by atoms with E-state index in [-0.39, 0.29) is 5.82 Å². The Hall–Kier alpha value is -0.890. The quantitative estimate of drug-likeness (QED) is 0.665. The van der Waals surface area contributed by atoms with Gasteiger partial charge in [-0.25, -0.2) is 4.39 Å². The van der Waals surface area contributed by atoms with Gasteiger partial charge in [0.2, 0.25) is 0 Å². The Balaban J connectivity index is 2.01. The van der Waals surface area contributed by atoms with Crippen molar-refractivity contribution >= 4 is 0 Å². The maximum atomic E-state index is 12.6. The lowest BCUT2D eigenvalue weighted by Gasteiger charge is -2.03. The van der Waals surface area contributed by atoms with Crippen LogP contribution >= 0.6 is 0 Å².